The van der Waals surface area contributed by atoms with Gasteiger partial charge in [-0.25, -0.2) is 4.79 Å². The standard InChI is InChI=1S/C19H28N2O4/c1-5-17(22)21-16(10-13(2)3)19(24)25-12-15-8-6-14(7-9-15)11-18(23)20-4/h6-9,13,16H,5,10-12H2,1-4H3,(H,20,23)(H,21,22). The Labute approximate surface area is 149 Å². The Morgan fingerprint density at radius 1 is 1.04 bits per heavy atom. The average molecular weight is 348 g/mol. The Balaban J connectivity index is 2.59. The number of ether oxygens (including phenoxy) is 1. The van der Waals surface area contributed by atoms with Gasteiger partial charge in [0.1, 0.15) is 12.6 Å². The third kappa shape index (κ3) is 7.83. The smallest absolute Gasteiger partial charge is 0.328 e. The molecule has 2 amide bonds. The van der Waals surface area contributed by atoms with Crippen LogP contribution in [0.4, 0.5) is 0 Å². The first-order chi connectivity index (χ1) is 11.8. The fourth-order valence-electron chi connectivity index (χ4n) is 2.26. The normalized spacial score (nSPS) is 11.7. The molecular formula is C19H28N2O4. The molecule has 0 saturated heterocycles. The molecule has 6 heteroatoms. The van der Waals surface area contributed by atoms with E-state index in [9.17, 15) is 14.4 Å². The lowest BCUT2D eigenvalue weighted by atomic mass is 10.0. The summed E-state index contributed by atoms with van der Waals surface area (Å²) in [5, 5.41) is 5.29. The molecule has 0 fully saturated rings. The Morgan fingerprint density at radius 2 is 1.64 bits per heavy atom. The molecular weight excluding hydrogens is 320 g/mol. The second-order valence-corrected chi connectivity index (χ2v) is 6.38. The van der Waals surface area contributed by atoms with E-state index in [1.165, 1.54) is 0 Å². The van der Waals surface area contributed by atoms with Crippen molar-refractivity contribution in [3.05, 3.63) is 35.4 Å². The Morgan fingerprint density at radius 3 is 2.16 bits per heavy atom. The number of nitrogens with one attached hydrogen (secondary N) is 2. The van der Waals surface area contributed by atoms with Gasteiger partial charge < -0.3 is 15.4 Å². The summed E-state index contributed by atoms with van der Waals surface area (Å²) in [7, 11) is 1.60. The van der Waals surface area contributed by atoms with E-state index >= 15 is 0 Å². The zero-order chi connectivity index (χ0) is 18.8. The Kier molecular flexibility index (Phi) is 8.67. The summed E-state index contributed by atoms with van der Waals surface area (Å²) in [4.78, 5) is 35.2. The van der Waals surface area contributed by atoms with Gasteiger partial charge in [0.15, 0.2) is 0 Å². The summed E-state index contributed by atoms with van der Waals surface area (Å²) >= 11 is 0. The first-order valence-corrected chi connectivity index (χ1v) is 8.60. The van der Waals surface area contributed by atoms with Gasteiger partial charge in [0, 0.05) is 13.5 Å². The van der Waals surface area contributed by atoms with Crippen molar-refractivity contribution in [1.29, 1.82) is 0 Å². The largest absolute Gasteiger partial charge is 0.459 e. The van der Waals surface area contributed by atoms with E-state index in [4.69, 9.17) is 4.74 Å². The zero-order valence-corrected chi connectivity index (χ0v) is 15.4. The van der Waals surface area contributed by atoms with Crippen molar-refractivity contribution in [2.45, 2.75) is 52.7 Å². The molecule has 1 rings (SSSR count). The molecule has 0 aromatic heterocycles. The average Bonchev–Trinajstić information content (AvgIpc) is 2.59. The first-order valence-electron chi connectivity index (χ1n) is 8.60. The van der Waals surface area contributed by atoms with E-state index in [2.05, 4.69) is 10.6 Å². The Bertz CT molecular complexity index is 582. The number of amides is 2. The van der Waals surface area contributed by atoms with Crippen LogP contribution >= 0.6 is 0 Å². The predicted octanol–water partition coefficient (Wildman–Crippen LogP) is 1.96. The van der Waals surface area contributed by atoms with Crippen LogP contribution in [0.5, 0.6) is 0 Å². The molecule has 2 N–H and O–H groups in total. The van der Waals surface area contributed by atoms with Crippen LogP contribution in [0.25, 0.3) is 0 Å². The maximum atomic E-state index is 12.3. The van der Waals surface area contributed by atoms with Crippen molar-refractivity contribution in [3.63, 3.8) is 0 Å². The van der Waals surface area contributed by atoms with Gasteiger partial charge >= 0.3 is 5.97 Å². The molecule has 0 spiro atoms. The van der Waals surface area contributed by atoms with Crippen LogP contribution in [-0.4, -0.2) is 30.9 Å². The SMILES string of the molecule is CCC(=O)NC(CC(C)C)C(=O)OCc1ccc(CC(=O)NC)cc1. The third-order valence-corrected chi connectivity index (χ3v) is 3.70. The van der Waals surface area contributed by atoms with Gasteiger partial charge in [-0.3, -0.25) is 9.59 Å². The van der Waals surface area contributed by atoms with Crippen LogP contribution in [0.1, 0.15) is 44.7 Å². The minimum absolute atomic E-state index is 0.0534. The van der Waals surface area contributed by atoms with Crippen LogP contribution in [0.2, 0.25) is 0 Å². The van der Waals surface area contributed by atoms with Crippen molar-refractivity contribution in [2.75, 3.05) is 7.05 Å². The molecule has 0 radical (unpaired) electrons. The molecule has 1 atom stereocenters. The lowest BCUT2D eigenvalue weighted by molar-refractivity contribution is -0.149. The molecule has 0 aliphatic heterocycles. The maximum Gasteiger partial charge on any atom is 0.328 e. The van der Waals surface area contributed by atoms with E-state index < -0.39 is 12.0 Å². The van der Waals surface area contributed by atoms with Crippen molar-refractivity contribution in [2.24, 2.45) is 5.92 Å². The number of hydrogen-bond acceptors (Lipinski definition) is 4. The molecule has 1 aromatic rings. The van der Waals surface area contributed by atoms with Gasteiger partial charge in [-0.2, -0.15) is 0 Å². The van der Waals surface area contributed by atoms with Crippen molar-refractivity contribution in [3.8, 4) is 0 Å². The minimum Gasteiger partial charge on any atom is -0.459 e. The summed E-state index contributed by atoms with van der Waals surface area (Å²) in [6.07, 6.45) is 1.18. The predicted molar refractivity (Wildman–Crippen MR) is 95.7 cm³/mol. The number of likely N-dealkylation sites (N-methyl/N-ethyl adjacent to an activating group) is 1. The molecule has 1 unspecified atom stereocenters. The minimum atomic E-state index is -0.625. The lowest BCUT2D eigenvalue weighted by Crippen LogP contribution is -2.42. The molecule has 138 valence electrons. The van der Waals surface area contributed by atoms with Crippen molar-refractivity contribution >= 4 is 17.8 Å². The topological polar surface area (TPSA) is 84.5 Å². The number of benzene rings is 1. The third-order valence-electron chi connectivity index (χ3n) is 3.70. The summed E-state index contributed by atoms with van der Waals surface area (Å²) in [5.74, 6) is -0.382. The summed E-state index contributed by atoms with van der Waals surface area (Å²) < 4.78 is 5.35. The van der Waals surface area contributed by atoms with E-state index in [-0.39, 0.29) is 24.3 Å². The van der Waals surface area contributed by atoms with Gasteiger partial charge in [-0.1, -0.05) is 45.0 Å². The highest BCUT2D eigenvalue weighted by Gasteiger charge is 2.22. The number of carbonyl (C=O) groups excluding carboxylic acids is 3. The highest BCUT2D eigenvalue weighted by Crippen LogP contribution is 2.10. The van der Waals surface area contributed by atoms with Crippen molar-refractivity contribution in [1.82, 2.24) is 10.6 Å². The summed E-state index contributed by atoms with van der Waals surface area (Å²) in [6, 6.07) is 6.70. The van der Waals surface area contributed by atoms with Crippen LogP contribution in [0.15, 0.2) is 24.3 Å². The molecule has 1 aromatic carbocycles. The van der Waals surface area contributed by atoms with E-state index in [1.54, 1.807) is 14.0 Å². The molecule has 25 heavy (non-hydrogen) atoms. The number of hydrogen-bond donors (Lipinski definition) is 2. The maximum absolute atomic E-state index is 12.3. The molecule has 6 nitrogen and oxygen atoms in total. The highest BCUT2D eigenvalue weighted by atomic mass is 16.5. The lowest BCUT2D eigenvalue weighted by Gasteiger charge is -2.19. The molecule has 0 bridgehead atoms. The fourth-order valence-corrected chi connectivity index (χ4v) is 2.26. The van der Waals surface area contributed by atoms with Gasteiger partial charge in [0.2, 0.25) is 11.8 Å². The zero-order valence-electron chi connectivity index (χ0n) is 15.4. The van der Waals surface area contributed by atoms with E-state index in [0.29, 0.717) is 19.3 Å². The monoisotopic (exact) mass is 348 g/mol. The van der Waals surface area contributed by atoms with Crippen LogP contribution in [0.3, 0.4) is 0 Å². The number of carbonyl (C=O) groups is 3. The highest BCUT2D eigenvalue weighted by molar-refractivity contribution is 5.84. The van der Waals surface area contributed by atoms with E-state index in [0.717, 1.165) is 11.1 Å². The summed E-state index contributed by atoms with van der Waals surface area (Å²) in [5.41, 5.74) is 1.72. The van der Waals surface area contributed by atoms with E-state index in [1.807, 2.05) is 38.1 Å². The second-order valence-electron chi connectivity index (χ2n) is 6.38. The first kappa shape index (κ1) is 20.7. The quantitative estimate of drug-likeness (QED) is 0.668. The molecule has 0 aliphatic rings. The molecule has 0 heterocycles. The van der Waals surface area contributed by atoms with Gasteiger partial charge in [0.25, 0.3) is 0 Å². The van der Waals surface area contributed by atoms with Gasteiger partial charge in [-0.05, 0) is 23.5 Å². The van der Waals surface area contributed by atoms with Crippen LogP contribution in [0, 0.1) is 5.92 Å². The van der Waals surface area contributed by atoms with Crippen molar-refractivity contribution < 1.29 is 19.1 Å². The molecule has 0 aliphatic carbocycles. The summed E-state index contributed by atoms with van der Waals surface area (Å²) in [6.45, 7) is 5.86. The Hall–Kier alpha value is -2.37. The fraction of sp³-hybridized carbons (Fsp3) is 0.526. The van der Waals surface area contributed by atoms with Gasteiger partial charge in [-0.15, -0.1) is 0 Å². The van der Waals surface area contributed by atoms with Crippen LogP contribution in [-0.2, 0) is 32.1 Å². The van der Waals surface area contributed by atoms with Gasteiger partial charge in [0.05, 0.1) is 6.42 Å². The molecule has 0 saturated carbocycles. The number of esters is 1. The second kappa shape index (κ2) is 10.5. The van der Waals surface area contributed by atoms with Crippen LogP contribution < -0.4 is 10.6 Å². The number of rotatable bonds is 9.